The van der Waals surface area contributed by atoms with Crippen LogP contribution in [0.4, 0.5) is 4.39 Å². The molecule has 3 rings (SSSR count). The second kappa shape index (κ2) is 9.62. The van der Waals surface area contributed by atoms with Gasteiger partial charge in [-0.15, -0.1) is 11.3 Å². The Morgan fingerprint density at radius 3 is 2.76 bits per heavy atom. The van der Waals surface area contributed by atoms with E-state index in [0.29, 0.717) is 16.3 Å². The molecule has 29 heavy (non-hydrogen) atoms. The van der Waals surface area contributed by atoms with Crippen LogP contribution >= 0.6 is 22.9 Å². The number of carbonyl (C=O) groups excluding carboxylic acids is 2. The Morgan fingerprint density at radius 2 is 2.00 bits per heavy atom. The fraction of sp³-hybridized carbons (Fsp3) is 0.190. The predicted octanol–water partition coefficient (Wildman–Crippen LogP) is 4.35. The largest absolute Gasteiger partial charge is 0.455 e. The van der Waals surface area contributed by atoms with Crippen LogP contribution in [0.3, 0.4) is 0 Å². The van der Waals surface area contributed by atoms with Crippen LogP contribution in [-0.2, 0) is 27.3 Å². The number of hydrogen-bond donors (Lipinski definition) is 0. The molecule has 1 amide bonds. The molecule has 0 atom stereocenters. The smallest absolute Gasteiger partial charge is 0.312 e. The third kappa shape index (κ3) is 5.85. The van der Waals surface area contributed by atoms with Crippen molar-refractivity contribution >= 4 is 34.8 Å². The maximum atomic E-state index is 13.7. The summed E-state index contributed by atoms with van der Waals surface area (Å²) in [4.78, 5) is 29.9. The van der Waals surface area contributed by atoms with Gasteiger partial charge in [0.1, 0.15) is 10.8 Å². The van der Waals surface area contributed by atoms with Crippen molar-refractivity contribution in [3.8, 4) is 10.6 Å². The van der Waals surface area contributed by atoms with Crippen LogP contribution in [0.2, 0.25) is 5.02 Å². The Kier molecular flexibility index (Phi) is 6.95. The van der Waals surface area contributed by atoms with Crippen LogP contribution in [0.25, 0.3) is 10.6 Å². The molecule has 0 saturated heterocycles. The molecule has 0 aliphatic rings. The normalized spacial score (nSPS) is 10.6. The lowest BCUT2D eigenvalue weighted by molar-refractivity contribution is -0.151. The zero-order chi connectivity index (χ0) is 20.8. The number of thiazole rings is 1. The van der Waals surface area contributed by atoms with E-state index in [0.717, 1.165) is 10.6 Å². The number of ether oxygens (including phenoxy) is 1. The first-order valence-electron chi connectivity index (χ1n) is 8.75. The SMILES string of the molecule is CN(Cc1ccccc1F)C(=O)COC(=O)Cc1csc(-c2cccc(Cl)c2)n1. The van der Waals surface area contributed by atoms with Crippen molar-refractivity contribution in [3.05, 3.63) is 76.0 Å². The molecule has 2 aromatic carbocycles. The van der Waals surface area contributed by atoms with Gasteiger partial charge in [-0.25, -0.2) is 9.37 Å². The minimum Gasteiger partial charge on any atom is -0.455 e. The number of benzene rings is 2. The quantitative estimate of drug-likeness (QED) is 0.521. The highest BCUT2D eigenvalue weighted by atomic mass is 35.5. The summed E-state index contributed by atoms with van der Waals surface area (Å²) in [5.41, 5.74) is 1.82. The molecule has 0 spiro atoms. The molecule has 0 unspecified atom stereocenters. The second-order valence-corrected chi connectivity index (χ2v) is 7.63. The summed E-state index contributed by atoms with van der Waals surface area (Å²) >= 11 is 7.38. The Labute approximate surface area is 176 Å². The van der Waals surface area contributed by atoms with Crippen LogP contribution in [0.1, 0.15) is 11.3 Å². The van der Waals surface area contributed by atoms with E-state index in [1.165, 1.54) is 29.4 Å². The molecule has 0 aliphatic heterocycles. The minimum absolute atomic E-state index is 0.0403. The van der Waals surface area contributed by atoms with Crippen molar-refractivity contribution in [3.63, 3.8) is 0 Å². The van der Waals surface area contributed by atoms with E-state index in [9.17, 15) is 14.0 Å². The summed E-state index contributed by atoms with van der Waals surface area (Å²) in [6, 6.07) is 13.5. The third-order valence-electron chi connectivity index (χ3n) is 4.10. The monoisotopic (exact) mass is 432 g/mol. The molecule has 150 valence electrons. The van der Waals surface area contributed by atoms with E-state index in [2.05, 4.69) is 4.98 Å². The van der Waals surface area contributed by atoms with Gasteiger partial charge in [-0.2, -0.15) is 0 Å². The maximum absolute atomic E-state index is 13.7. The average Bonchev–Trinajstić information content (AvgIpc) is 3.16. The third-order valence-corrected chi connectivity index (χ3v) is 5.27. The van der Waals surface area contributed by atoms with Crippen molar-refractivity contribution in [1.82, 2.24) is 9.88 Å². The van der Waals surface area contributed by atoms with Gasteiger partial charge < -0.3 is 9.64 Å². The molecule has 5 nitrogen and oxygen atoms in total. The van der Waals surface area contributed by atoms with E-state index < -0.39 is 18.5 Å². The van der Waals surface area contributed by atoms with Crippen molar-refractivity contribution in [1.29, 1.82) is 0 Å². The highest BCUT2D eigenvalue weighted by Gasteiger charge is 2.15. The van der Waals surface area contributed by atoms with Gasteiger partial charge >= 0.3 is 5.97 Å². The number of amides is 1. The van der Waals surface area contributed by atoms with Crippen molar-refractivity contribution < 1.29 is 18.7 Å². The van der Waals surface area contributed by atoms with Gasteiger partial charge in [0.15, 0.2) is 6.61 Å². The van der Waals surface area contributed by atoms with E-state index >= 15 is 0 Å². The van der Waals surface area contributed by atoms with Gasteiger partial charge in [-0.3, -0.25) is 9.59 Å². The van der Waals surface area contributed by atoms with E-state index in [-0.39, 0.29) is 18.8 Å². The lowest BCUT2D eigenvalue weighted by atomic mass is 10.2. The van der Waals surface area contributed by atoms with E-state index in [4.69, 9.17) is 16.3 Å². The first-order chi connectivity index (χ1) is 13.9. The number of hydrogen-bond acceptors (Lipinski definition) is 5. The zero-order valence-electron chi connectivity index (χ0n) is 15.6. The summed E-state index contributed by atoms with van der Waals surface area (Å²) < 4.78 is 18.7. The molecule has 3 aromatic rings. The van der Waals surface area contributed by atoms with Crippen molar-refractivity contribution in [2.45, 2.75) is 13.0 Å². The first-order valence-corrected chi connectivity index (χ1v) is 10.0. The lowest BCUT2D eigenvalue weighted by Crippen LogP contribution is -2.31. The fourth-order valence-electron chi connectivity index (χ4n) is 2.56. The summed E-state index contributed by atoms with van der Waals surface area (Å²) in [7, 11) is 1.53. The molecule has 0 saturated carbocycles. The number of likely N-dealkylation sites (N-methyl/N-ethyl adjacent to an activating group) is 1. The average molecular weight is 433 g/mol. The van der Waals surface area contributed by atoms with Crippen LogP contribution in [0.5, 0.6) is 0 Å². The van der Waals surface area contributed by atoms with Gasteiger partial charge in [0, 0.05) is 35.1 Å². The number of rotatable bonds is 7. The maximum Gasteiger partial charge on any atom is 0.312 e. The standard InChI is InChI=1S/C21H18ClFN2O3S/c1-25(11-15-5-2-3-8-18(15)23)19(26)12-28-20(27)10-17-13-29-21(24-17)14-6-4-7-16(22)9-14/h2-9,13H,10-12H2,1H3. The molecule has 0 aliphatic carbocycles. The summed E-state index contributed by atoms with van der Waals surface area (Å²) in [5.74, 6) is -1.36. The predicted molar refractivity (Wildman–Crippen MR) is 110 cm³/mol. The number of halogens is 2. The van der Waals surface area contributed by atoms with Gasteiger partial charge in [-0.1, -0.05) is 41.9 Å². The molecule has 0 radical (unpaired) electrons. The molecular weight excluding hydrogens is 415 g/mol. The number of carbonyl (C=O) groups is 2. The van der Waals surface area contributed by atoms with Crippen LogP contribution < -0.4 is 0 Å². The highest BCUT2D eigenvalue weighted by Crippen LogP contribution is 2.26. The molecule has 1 heterocycles. The fourth-order valence-corrected chi connectivity index (χ4v) is 3.57. The van der Waals surface area contributed by atoms with Crippen molar-refractivity contribution in [2.75, 3.05) is 13.7 Å². The number of esters is 1. The molecule has 0 bridgehead atoms. The first kappa shape index (κ1) is 21.0. The lowest BCUT2D eigenvalue weighted by Gasteiger charge is -2.17. The highest BCUT2D eigenvalue weighted by molar-refractivity contribution is 7.13. The Morgan fingerprint density at radius 1 is 1.21 bits per heavy atom. The Hall–Kier alpha value is -2.77. The minimum atomic E-state index is -0.555. The molecule has 1 aromatic heterocycles. The Bertz CT molecular complexity index is 1020. The Balaban J connectivity index is 1.50. The molecule has 0 N–H and O–H groups in total. The van der Waals surface area contributed by atoms with Gasteiger partial charge in [0.25, 0.3) is 5.91 Å². The van der Waals surface area contributed by atoms with Crippen LogP contribution in [-0.4, -0.2) is 35.4 Å². The van der Waals surface area contributed by atoms with E-state index in [1.54, 1.807) is 35.7 Å². The van der Waals surface area contributed by atoms with E-state index in [1.807, 2.05) is 12.1 Å². The molecule has 0 fully saturated rings. The zero-order valence-corrected chi connectivity index (χ0v) is 17.2. The number of nitrogens with zero attached hydrogens (tertiary/aromatic N) is 2. The van der Waals surface area contributed by atoms with Gasteiger partial charge in [0.05, 0.1) is 12.1 Å². The summed E-state index contributed by atoms with van der Waals surface area (Å²) in [5, 5.41) is 3.12. The van der Waals surface area contributed by atoms with Crippen LogP contribution in [0, 0.1) is 5.82 Å². The van der Waals surface area contributed by atoms with Crippen LogP contribution in [0.15, 0.2) is 53.9 Å². The van der Waals surface area contributed by atoms with Crippen molar-refractivity contribution in [2.24, 2.45) is 0 Å². The van der Waals surface area contributed by atoms with Gasteiger partial charge in [0.2, 0.25) is 0 Å². The molecule has 8 heteroatoms. The summed E-state index contributed by atoms with van der Waals surface area (Å²) in [6.07, 6.45) is -0.0403. The summed E-state index contributed by atoms with van der Waals surface area (Å²) in [6.45, 7) is -0.312. The van der Waals surface area contributed by atoms with Gasteiger partial charge in [-0.05, 0) is 18.2 Å². The topological polar surface area (TPSA) is 59.5 Å². The molecular formula is C21H18ClFN2O3S. The number of aromatic nitrogens is 1. The second-order valence-electron chi connectivity index (χ2n) is 6.33.